The molecule has 2 aromatic rings. The molecule has 98 valence electrons. The minimum absolute atomic E-state index is 0.0544. The van der Waals surface area contributed by atoms with Crippen molar-refractivity contribution in [3.63, 3.8) is 0 Å². The van der Waals surface area contributed by atoms with Crippen LogP contribution in [0.3, 0.4) is 0 Å². The third kappa shape index (κ3) is 2.23. The average Bonchev–Trinajstić information content (AvgIpc) is 3.14. The maximum atomic E-state index is 11.0. The topological polar surface area (TPSA) is 68.1 Å². The number of anilines is 1. The Hall–Kier alpha value is -2.17. The van der Waals surface area contributed by atoms with Crippen molar-refractivity contribution in [3.05, 3.63) is 40.6 Å². The van der Waals surface area contributed by atoms with Gasteiger partial charge in [-0.2, -0.15) is 0 Å². The SMILES string of the molecule is CC1(CNc2ccc([N+](=O)[O-])c3ncccc23)CC1. The first-order valence-electron chi connectivity index (χ1n) is 6.35. The number of fused-ring (bicyclic) bond motifs is 1. The zero-order valence-electron chi connectivity index (χ0n) is 10.7. The number of benzene rings is 1. The minimum Gasteiger partial charge on any atom is -0.384 e. The summed E-state index contributed by atoms with van der Waals surface area (Å²) in [5, 5.41) is 15.2. The molecule has 1 aliphatic rings. The Labute approximate surface area is 110 Å². The molecule has 0 bridgehead atoms. The normalized spacial score (nSPS) is 16.3. The highest BCUT2D eigenvalue weighted by Gasteiger charge is 2.36. The van der Waals surface area contributed by atoms with E-state index in [0.29, 0.717) is 10.9 Å². The van der Waals surface area contributed by atoms with Gasteiger partial charge < -0.3 is 5.32 Å². The van der Waals surface area contributed by atoms with Gasteiger partial charge in [-0.05, 0) is 36.5 Å². The maximum absolute atomic E-state index is 11.0. The van der Waals surface area contributed by atoms with Crippen LogP contribution >= 0.6 is 0 Å². The maximum Gasteiger partial charge on any atom is 0.295 e. The predicted octanol–water partition coefficient (Wildman–Crippen LogP) is 3.36. The van der Waals surface area contributed by atoms with Crippen LogP contribution in [0.2, 0.25) is 0 Å². The van der Waals surface area contributed by atoms with Crippen molar-refractivity contribution in [3.8, 4) is 0 Å². The first-order valence-corrected chi connectivity index (χ1v) is 6.35. The van der Waals surface area contributed by atoms with Crippen LogP contribution in [0.5, 0.6) is 0 Å². The Morgan fingerprint density at radius 2 is 2.21 bits per heavy atom. The number of hydrogen-bond acceptors (Lipinski definition) is 4. The second-order valence-corrected chi connectivity index (χ2v) is 5.45. The minimum atomic E-state index is -0.388. The zero-order chi connectivity index (χ0) is 13.5. The van der Waals surface area contributed by atoms with Crippen LogP contribution in [0, 0.1) is 15.5 Å². The molecule has 1 fully saturated rings. The molecule has 1 aliphatic carbocycles. The number of pyridine rings is 1. The van der Waals surface area contributed by atoms with Gasteiger partial charge in [0.25, 0.3) is 5.69 Å². The predicted molar refractivity (Wildman–Crippen MR) is 74.2 cm³/mol. The van der Waals surface area contributed by atoms with Crippen molar-refractivity contribution in [1.29, 1.82) is 0 Å². The van der Waals surface area contributed by atoms with Crippen LogP contribution in [0.1, 0.15) is 19.8 Å². The van der Waals surface area contributed by atoms with Gasteiger partial charge in [0.05, 0.1) is 4.92 Å². The average molecular weight is 257 g/mol. The molecule has 0 radical (unpaired) electrons. The fraction of sp³-hybridized carbons (Fsp3) is 0.357. The second kappa shape index (κ2) is 4.19. The molecule has 5 nitrogen and oxygen atoms in total. The number of nitro benzene ring substituents is 1. The first-order chi connectivity index (χ1) is 9.09. The van der Waals surface area contributed by atoms with Gasteiger partial charge in [0.15, 0.2) is 0 Å². The van der Waals surface area contributed by atoms with Crippen LogP contribution in [-0.4, -0.2) is 16.5 Å². The number of hydrogen-bond donors (Lipinski definition) is 1. The summed E-state index contributed by atoms with van der Waals surface area (Å²) in [5.74, 6) is 0. The summed E-state index contributed by atoms with van der Waals surface area (Å²) in [4.78, 5) is 14.8. The van der Waals surface area contributed by atoms with E-state index in [1.807, 2.05) is 6.07 Å². The fourth-order valence-corrected chi connectivity index (χ4v) is 2.16. The zero-order valence-corrected chi connectivity index (χ0v) is 10.7. The lowest BCUT2D eigenvalue weighted by atomic mass is 10.1. The molecule has 0 spiro atoms. The van der Waals surface area contributed by atoms with Crippen molar-refractivity contribution < 1.29 is 4.92 Å². The third-order valence-electron chi connectivity index (χ3n) is 3.75. The Morgan fingerprint density at radius 1 is 1.42 bits per heavy atom. The summed E-state index contributed by atoms with van der Waals surface area (Å²) in [5.41, 5.74) is 1.80. The quantitative estimate of drug-likeness (QED) is 0.673. The van der Waals surface area contributed by atoms with Gasteiger partial charge in [-0.25, -0.2) is 4.98 Å². The van der Waals surface area contributed by atoms with E-state index < -0.39 is 0 Å². The molecular weight excluding hydrogens is 242 g/mol. The standard InChI is InChI=1S/C14H15N3O2/c1-14(6-7-14)9-16-11-4-5-12(17(18)19)13-10(11)3-2-8-15-13/h2-5,8,16H,6-7,9H2,1H3. The van der Waals surface area contributed by atoms with E-state index in [9.17, 15) is 10.1 Å². The lowest BCUT2D eigenvalue weighted by molar-refractivity contribution is -0.383. The number of nitrogens with one attached hydrogen (secondary N) is 1. The van der Waals surface area contributed by atoms with Crippen molar-refractivity contribution in [2.75, 3.05) is 11.9 Å². The van der Waals surface area contributed by atoms with Crippen molar-refractivity contribution >= 4 is 22.3 Å². The summed E-state index contributed by atoms with van der Waals surface area (Å²) >= 11 is 0. The van der Waals surface area contributed by atoms with Gasteiger partial charge in [-0.1, -0.05) is 6.92 Å². The van der Waals surface area contributed by atoms with E-state index in [4.69, 9.17) is 0 Å². The summed E-state index contributed by atoms with van der Waals surface area (Å²) in [6.45, 7) is 3.14. The van der Waals surface area contributed by atoms with Crippen LogP contribution in [0.25, 0.3) is 10.9 Å². The number of rotatable bonds is 4. The molecule has 1 aromatic carbocycles. The molecule has 1 saturated carbocycles. The highest BCUT2D eigenvalue weighted by Crippen LogP contribution is 2.45. The van der Waals surface area contributed by atoms with Crippen LogP contribution < -0.4 is 5.32 Å². The van der Waals surface area contributed by atoms with Gasteiger partial charge in [0.2, 0.25) is 0 Å². The molecule has 19 heavy (non-hydrogen) atoms. The Morgan fingerprint density at radius 3 is 2.89 bits per heavy atom. The van der Waals surface area contributed by atoms with Crippen LogP contribution in [0.15, 0.2) is 30.5 Å². The van der Waals surface area contributed by atoms with Gasteiger partial charge in [0, 0.05) is 29.9 Å². The van der Waals surface area contributed by atoms with Gasteiger partial charge >= 0.3 is 0 Å². The lowest BCUT2D eigenvalue weighted by Crippen LogP contribution is -2.12. The number of nitrogens with zero attached hydrogens (tertiary/aromatic N) is 2. The van der Waals surface area contributed by atoms with E-state index in [2.05, 4.69) is 17.2 Å². The van der Waals surface area contributed by atoms with Crippen LogP contribution in [0.4, 0.5) is 11.4 Å². The molecule has 1 aromatic heterocycles. The Bertz CT molecular complexity index is 650. The van der Waals surface area contributed by atoms with E-state index in [1.54, 1.807) is 18.3 Å². The summed E-state index contributed by atoms with van der Waals surface area (Å²) in [7, 11) is 0. The highest BCUT2D eigenvalue weighted by atomic mass is 16.6. The third-order valence-corrected chi connectivity index (χ3v) is 3.75. The monoisotopic (exact) mass is 257 g/mol. The molecule has 1 heterocycles. The van der Waals surface area contributed by atoms with Gasteiger partial charge in [-0.3, -0.25) is 10.1 Å². The highest BCUT2D eigenvalue weighted by molar-refractivity contribution is 5.96. The van der Waals surface area contributed by atoms with E-state index >= 15 is 0 Å². The molecule has 1 N–H and O–H groups in total. The molecule has 3 rings (SSSR count). The summed E-state index contributed by atoms with van der Waals surface area (Å²) in [6, 6.07) is 6.96. The van der Waals surface area contributed by atoms with E-state index in [-0.39, 0.29) is 10.6 Å². The number of aromatic nitrogens is 1. The molecule has 0 unspecified atom stereocenters. The van der Waals surface area contributed by atoms with E-state index in [1.165, 1.54) is 18.9 Å². The smallest absolute Gasteiger partial charge is 0.295 e. The molecule has 0 atom stereocenters. The molecular formula is C14H15N3O2. The van der Waals surface area contributed by atoms with Crippen molar-refractivity contribution in [1.82, 2.24) is 4.98 Å². The Balaban J connectivity index is 2.01. The lowest BCUT2D eigenvalue weighted by Gasteiger charge is -2.13. The van der Waals surface area contributed by atoms with Gasteiger partial charge in [0.1, 0.15) is 5.52 Å². The molecule has 0 saturated heterocycles. The van der Waals surface area contributed by atoms with Crippen LogP contribution in [-0.2, 0) is 0 Å². The number of nitro groups is 1. The molecule has 5 heteroatoms. The summed E-state index contributed by atoms with van der Waals surface area (Å²) in [6.07, 6.45) is 4.06. The second-order valence-electron chi connectivity index (χ2n) is 5.45. The van der Waals surface area contributed by atoms with Gasteiger partial charge in [-0.15, -0.1) is 0 Å². The molecule has 0 amide bonds. The first kappa shape index (κ1) is 11.9. The fourth-order valence-electron chi connectivity index (χ4n) is 2.16. The number of non-ortho nitro benzene ring substituents is 1. The Kier molecular flexibility index (Phi) is 2.62. The van der Waals surface area contributed by atoms with Crippen molar-refractivity contribution in [2.24, 2.45) is 5.41 Å². The summed E-state index contributed by atoms with van der Waals surface area (Å²) < 4.78 is 0. The van der Waals surface area contributed by atoms with Crippen molar-refractivity contribution in [2.45, 2.75) is 19.8 Å². The molecule has 0 aliphatic heterocycles. The van der Waals surface area contributed by atoms with E-state index in [0.717, 1.165) is 17.6 Å². The largest absolute Gasteiger partial charge is 0.384 e.